The number of fused-ring (bicyclic) bond motifs is 1. The molecule has 0 saturated carbocycles. The molecule has 0 aromatic heterocycles. The Hall–Kier alpha value is -2.30. The summed E-state index contributed by atoms with van der Waals surface area (Å²) >= 11 is 0. The molecule has 142 valence electrons. The summed E-state index contributed by atoms with van der Waals surface area (Å²) in [4.78, 5) is 38.0. The van der Waals surface area contributed by atoms with Gasteiger partial charge < -0.3 is 10.1 Å². The number of carbonyl (C=O) groups is 3. The van der Waals surface area contributed by atoms with Crippen LogP contribution in [0.3, 0.4) is 0 Å². The van der Waals surface area contributed by atoms with Gasteiger partial charge in [0.05, 0.1) is 17.4 Å². The number of imide groups is 1. The van der Waals surface area contributed by atoms with E-state index in [0.29, 0.717) is 13.0 Å². The molecule has 0 saturated heterocycles. The van der Waals surface area contributed by atoms with Crippen molar-refractivity contribution in [2.45, 2.75) is 6.42 Å². The number of rotatable bonds is 9. The Morgan fingerprint density at radius 2 is 1.85 bits per heavy atom. The zero-order valence-electron chi connectivity index (χ0n) is 14.6. The van der Waals surface area contributed by atoms with Gasteiger partial charge in [0.25, 0.3) is 17.7 Å². The van der Waals surface area contributed by atoms with Crippen molar-refractivity contribution in [2.24, 2.45) is 0 Å². The molecule has 1 aliphatic rings. The van der Waals surface area contributed by atoms with Crippen molar-refractivity contribution in [1.82, 2.24) is 14.9 Å². The van der Waals surface area contributed by atoms with E-state index < -0.39 is 21.8 Å². The van der Waals surface area contributed by atoms with Gasteiger partial charge >= 0.3 is 0 Å². The molecule has 26 heavy (non-hydrogen) atoms. The van der Waals surface area contributed by atoms with Crippen LogP contribution in [0.1, 0.15) is 37.5 Å². The van der Waals surface area contributed by atoms with Crippen LogP contribution >= 0.6 is 0 Å². The summed E-state index contributed by atoms with van der Waals surface area (Å²) in [6, 6.07) is 4.29. The van der Waals surface area contributed by atoms with Gasteiger partial charge in [-0.15, -0.1) is 0 Å². The highest BCUT2D eigenvalue weighted by molar-refractivity contribution is 7.88. The van der Waals surface area contributed by atoms with E-state index in [4.69, 9.17) is 4.74 Å². The van der Waals surface area contributed by atoms with Crippen molar-refractivity contribution in [3.63, 3.8) is 0 Å². The maximum atomic E-state index is 12.4. The molecule has 2 rings (SSSR count). The lowest BCUT2D eigenvalue weighted by Crippen LogP contribution is -2.34. The maximum absolute atomic E-state index is 12.4. The third kappa shape index (κ3) is 4.87. The number of sulfonamides is 1. The minimum absolute atomic E-state index is 0.0558. The van der Waals surface area contributed by atoms with Gasteiger partial charge in [-0.05, 0) is 24.6 Å². The van der Waals surface area contributed by atoms with Gasteiger partial charge in [-0.25, -0.2) is 13.1 Å². The van der Waals surface area contributed by atoms with Crippen LogP contribution in [0.15, 0.2) is 18.2 Å². The van der Waals surface area contributed by atoms with E-state index in [2.05, 4.69) is 10.0 Å². The second-order valence-corrected chi connectivity index (χ2v) is 7.62. The smallest absolute Gasteiger partial charge is 0.261 e. The monoisotopic (exact) mass is 383 g/mol. The van der Waals surface area contributed by atoms with Crippen molar-refractivity contribution >= 4 is 27.7 Å². The van der Waals surface area contributed by atoms with Crippen LogP contribution in [0.25, 0.3) is 0 Å². The van der Waals surface area contributed by atoms with E-state index in [1.165, 1.54) is 18.2 Å². The summed E-state index contributed by atoms with van der Waals surface area (Å²) in [5.74, 6) is -1.28. The molecule has 0 radical (unpaired) electrons. The van der Waals surface area contributed by atoms with Crippen LogP contribution in [0.2, 0.25) is 0 Å². The first kappa shape index (κ1) is 20.0. The second kappa shape index (κ2) is 8.39. The third-order valence-corrected chi connectivity index (χ3v) is 4.47. The summed E-state index contributed by atoms with van der Waals surface area (Å²) in [6.07, 6.45) is 1.55. The number of nitrogens with zero attached hydrogens (tertiary/aromatic N) is 1. The highest BCUT2D eigenvalue weighted by Gasteiger charge is 2.35. The first-order valence-corrected chi connectivity index (χ1v) is 9.85. The zero-order valence-corrected chi connectivity index (χ0v) is 15.4. The van der Waals surface area contributed by atoms with Crippen LogP contribution in [0.4, 0.5) is 0 Å². The Labute approximate surface area is 151 Å². The van der Waals surface area contributed by atoms with Gasteiger partial charge in [0.2, 0.25) is 10.0 Å². The third-order valence-electron chi connectivity index (χ3n) is 3.74. The molecule has 1 aromatic rings. The molecular formula is C16H21N3O6S. The first-order chi connectivity index (χ1) is 12.2. The number of ether oxygens (including phenoxy) is 1. The van der Waals surface area contributed by atoms with E-state index in [9.17, 15) is 22.8 Å². The van der Waals surface area contributed by atoms with E-state index in [1.807, 2.05) is 0 Å². The van der Waals surface area contributed by atoms with Crippen LogP contribution in [0.5, 0.6) is 0 Å². The molecule has 10 heteroatoms. The number of benzene rings is 1. The molecule has 3 amide bonds. The average Bonchev–Trinajstić information content (AvgIpc) is 2.82. The number of hydrogen-bond acceptors (Lipinski definition) is 6. The highest BCUT2D eigenvalue weighted by Crippen LogP contribution is 2.24. The van der Waals surface area contributed by atoms with E-state index in [-0.39, 0.29) is 42.2 Å². The molecule has 0 spiro atoms. The minimum atomic E-state index is -3.32. The van der Waals surface area contributed by atoms with Crippen molar-refractivity contribution in [2.75, 3.05) is 39.6 Å². The van der Waals surface area contributed by atoms with Gasteiger partial charge in [-0.3, -0.25) is 19.3 Å². The fourth-order valence-electron chi connectivity index (χ4n) is 2.52. The van der Waals surface area contributed by atoms with E-state index >= 15 is 0 Å². The molecule has 9 nitrogen and oxygen atoms in total. The highest BCUT2D eigenvalue weighted by atomic mass is 32.2. The Kier molecular flexibility index (Phi) is 6.46. The summed E-state index contributed by atoms with van der Waals surface area (Å²) in [6.45, 7) is 0.834. The lowest BCUT2D eigenvalue weighted by Gasteiger charge is -2.12. The molecule has 1 aromatic carbocycles. The number of nitrogens with one attached hydrogen (secondary N) is 2. The first-order valence-electron chi connectivity index (χ1n) is 7.96. The van der Waals surface area contributed by atoms with Crippen LogP contribution in [-0.2, 0) is 14.8 Å². The molecule has 1 heterocycles. The molecule has 2 N–H and O–H groups in total. The SMILES string of the molecule is COCCCN1C(=O)c2ccc(C(=O)NCCNS(C)(=O)=O)cc2C1=O. The maximum Gasteiger partial charge on any atom is 0.261 e. The van der Waals surface area contributed by atoms with Crippen LogP contribution in [0, 0.1) is 0 Å². The predicted octanol–water partition coefficient (Wildman–Crippen LogP) is -0.402. The standard InChI is InChI=1S/C16H21N3O6S/c1-25-9-3-8-19-15(21)12-5-4-11(10-13(12)16(19)22)14(20)17-6-7-18-26(2,23)24/h4-5,10,18H,3,6-9H2,1-2H3,(H,17,20). The molecule has 0 fully saturated rings. The van der Waals surface area contributed by atoms with Crippen molar-refractivity contribution in [3.8, 4) is 0 Å². The Morgan fingerprint density at radius 3 is 2.50 bits per heavy atom. The van der Waals surface area contributed by atoms with Crippen LogP contribution in [-0.4, -0.2) is 70.6 Å². The summed E-state index contributed by atoms with van der Waals surface area (Å²) in [7, 11) is -1.78. The summed E-state index contributed by atoms with van der Waals surface area (Å²) in [5, 5.41) is 2.55. The zero-order chi connectivity index (χ0) is 19.3. The van der Waals surface area contributed by atoms with Gasteiger partial charge in [-0.1, -0.05) is 0 Å². The molecule has 0 unspecified atom stereocenters. The number of carbonyl (C=O) groups excluding carboxylic acids is 3. The molecule has 0 bridgehead atoms. The predicted molar refractivity (Wildman–Crippen MR) is 93.5 cm³/mol. The number of methoxy groups -OCH3 is 1. The van der Waals surface area contributed by atoms with Crippen molar-refractivity contribution < 1.29 is 27.5 Å². The Bertz CT molecular complexity index is 821. The molecule has 0 atom stereocenters. The van der Waals surface area contributed by atoms with Gasteiger partial charge in [0, 0.05) is 38.9 Å². The topological polar surface area (TPSA) is 122 Å². The minimum Gasteiger partial charge on any atom is -0.385 e. The van der Waals surface area contributed by atoms with Crippen molar-refractivity contribution in [3.05, 3.63) is 34.9 Å². The van der Waals surface area contributed by atoms with Crippen LogP contribution < -0.4 is 10.0 Å². The lowest BCUT2D eigenvalue weighted by molar-refractivity contribution is 0.0638. The number of amides is 3. The summed E-state index contributed by atoms with van der Waals surface area (Å²) in [5.41, 5.74) is 0.681. The van der Waals surface area contributed by atoms with E-state index in [0.717, 1.165) is 11.2 Å². The Balaban J connectivity index is 2.02. The molecular weight excluding hydrogens is 362 g/mol. The fraction of sp³-hybridized carbons (Fsp3) is 0.438. The van der Waals surface area contributed by atoms with Gasteiger partial charge in [0.15, 0.2) is 0 Å². The van der Waals surface area contributed by atoms with Crippen molar-refractivity contribution in [1.29, 1.82) is 0 Å². The largest absolute Gasteiger partial charge is 0.385 e. The fourth-order valence-corrected chi connectivity index (χ4v) is 2.99. The Morgan fingerprint density at radius 1 is 1.15 bits per heavy atom. The van der Waals surface area contributed by atoms with E-state index in [1.54, 1.807) is 7.11 Å². The quantitative estimate of drug-likeness (QED) is 0.442. The molecule has 1 aliphatic heterocycles. The summed E-state index contributed by atoms with van der Waals surface area (Å²) < 4.78 is 29.1. The van der Waals surface area contributed by atoms with Gasteiger partial charge in [-0.2, -0.15) is 0 Å². The second-order valence-electron chi connectivity index (χ2n) is 5.79. The van der Waals surface area contributed by atoms with Gasteiger partial charge in [0.1, 0.15) is 0 Å². The normalized spacial score (nSPS) is 13.8. The number of hydrogen-bond donors (Lipinski definition) is 2. The average molecular weight is 383 g/mol. The molecule has 0 aliphatic carbocycles. The lowest BCUT2D eigenvalue weighted by atomic mass is 10.1.